The maximum Gasteiger partial charge on any atom is 0.194 e. The molecule has 6 heteroatoms. The van der Waals surface area contributed by atoms with Gasteiger partial charge in [0.1, 0.15) is 5.52 Å². The van der Waals surface area contributed by atoms with Gasteiger partial charge >= 0.3 is 0 Å². The summed E-state index contributed by atoms with van der Waals surface area (Å²) in [7, 11) is 0. The molecular formula is C49H30N4O2. The van der Waals surface area contributed by atoms with Gasteiger partial charge in [-0.2, -0.15) is 0 Å². The fourth-order valence-electron chi connectivity index (χ4n) is 7.64. The molecule has 0 bridgehead atoms. The van der Waals surface area contributed by atoms with Crippen LogP contribution in [0.25, 0.3) is 83.6 Å². The Morgan fingerprint density at radius 2 is 0.855 bits per heavy atom. The van der Waals surface area contributed by atoms with Crippen molar-refractivity contribution in [3.63, 3.8) is 0 Å². The normalized spacial score (nSPS) is 11.9. The van der Waals surface area contributed by atoms with Crippen molar-refractivity contribution in [3.05, 3.63) is 182 Å². The molecule has 55 heavy (non-hydrogen) atoms. The van der Waals surface area contributed by atoms with Gasteiger partial charge in [0.05, 0.1) is 5.52 Å². The van der Waals surface area contributed by atoms with Crippen LogP contribution in [0, 0.1) is 0 Å². The Kier molecular flexibility index (Phi) is 7.07. The molecule has 0 radical (unpaired) electrons. The quantitative estimate of drug-likeness (QED) is 0.178. The average molecular weight is 707 g/mol. The molecule has 1 aliphatic heterocycles. The molecule has 0 unspecified atom stereocenters. The molecule has 8 aromatic carbocycles. The fraction of sp³-hybridized carbons (Fsp3) is 0. The standard InChI is InChI=1S/C49H30N4O2/c1-3-12-34(13-4-1)47-50-48(35-14-5-2-6-15-35)52-49(51-47)36-21-19-31(20-22-36)32-23-26-37(27-24-32)53-41-18-10-9-17-39(41)40-28-30-43-46(44(40)53)55-45-38-16-8-7-11-33(38)25-29-42(45)54-43/h1-30H. The van der Waals surface area contributed by atoms with Crippen molar-refractivity contribution in [1.29, 1.82) is 0 Å². The van der Waals surface area contributed by atoms with E-state index in [2.05, 4.69) is 102 Å². The monoisotopic (exact) mass is 706 g/mol. The van der Waals surface area contributed by atoms with E-state index in [0.29, 0.717) is 34.7 Å². The van der Waals surface area contributed by atoms with Crippen LogP contribution < -0.4 is 9.47 Å². The van der Waals surface area contributed by atoms with Gasteiger partial charge in [-0.3, -0.25) is 0 Å². The maximum absolute atomic E-state index is 6.84. The Hall–Kier alpha value is -7.57. The van der Waals surface area contributed by atoms with Gasteiger partial charge in [0, 0.05) is 38.5 Å². The number of hydrogen-bond acceptors (Lipinski definition) is 5. The van der Waals surface area contributed by atoms with Crippen molar-refractivity contribution < 1.29 is 9.47 Å². The van der Waals surface area contributed by atoms with Gasteiger partial charge in [-0.05, 0) is 52.9 Å². The van der Waals surface area contributed by atoms with Gasteiger partial charge in [0.2, 0.25) is 0 Å². The van der Waals surface area contributed by atoms with Crippen LogP contribution >= 0.6 is 0 Å². The van der Waals surface area contributed by atoms with Crippen molar-refractivity contribution >= 4 is 32.6 Å². The van der Waals surface area contributed by atoms with E-state index >= 15 is 0 Å². The average Bonchev–Trinajstić information content (AvgIpc) is 3.61. The molecule has 1 aliphatic rings. The lowest BCUT2D eigenvalue weighted by atomic mass is 10.0. The molecule has 3 heterocycles. The first-order valence-electron chi connectivity index (χ1n) is 18.3. The molecule has 6 nitrogen and oxygen atoms in total. The predicted molar refractivity (Wildman–Crippen MR) is 220 cm³/mol. The number of para-hydroxylation sites is 1. The fourth-order valence-corrected chi connectivity index (χ4v) is 7.64. The minimum Gasteiger partial charge on any atom is -0.449 e. The molecule has 0 spiro atoms. The van der Waals surface area contributed by atoms with Crippen molar-refractivity contribution in [1.82, 2.24) is 19.5 Å². The van der Waals surface area contributed by atoms with Gasteiger partial charge < -0.3 is 14.0 Å². The van der Waals surface area contributed by atoms with E-state index in [1.807, 2.05) is 84.9 Å². The number of ether oxygens (including phenoxy) is 2. The summed E-state index contributed by atoms with van der Waals surface area (Å²) in [6, 6.07) is 62.1. The third kappa shape index (κ3) is 5.23. The lowest BCUT2D eigenvalue weighted by Gasteiger charge is -2.23. The van der Waals surface area contributed by atoms with E-state index in [1.54, 1.807) is 0 Å². The smallest absolute Gasteiger partial charge is 0.194 e. The van der Waals surface area contributed by atoms with Crippen LogP contribution in [-0.2, 0) is 0 Å². The molecule has 0 aliphatic carbocycles. The number of rotatable bonds is 5. The molecule has 2 aromatic heterocycles. The summed E-state index contributed by atoms with van der Waals surface area (Å²) in [5.74, 6) is 4.77. The number of nitrogens with zero attached hydrogens (tertiary/aromatic N) is 4. The van der Waals surface area contributed by atoms with Crippen LogP contribution in [0.15, 0.2) is 182 Å². The van der Waals surface area contributed by atoms with Crippen LogP contribution in [-0.4, -0.2) is 19.5 Å². The van der Waals surface area contributed by atoms with Crippen LogP contribution in [0.3, 0.4) is 0 Å². The Balaban J connectivity index is 0.971. The highest BCUT2D eigenvalue weighted by Crippen LogP contribution is 2.52. The molecule has 0 saturated carbocycles. The summed E-state index contributed by atoms with van der Waals surface area (Å²) in [5, 5.41) is 4.37. The van der Waals surface area contributed by atoms with Gasteiger partial charge in [0.25, 0.3) is 0 Å². The van der Waals surface area contributed by atoms with E-state index in [4.69, 9.17) is 24.4 Å². The lowest BCUT2D eigenvalue weighted by Crippen LogP contribution is -2.02. The molecule has 0 fully saturated rings. The summed E-state index contributed by atoms with van der Waals surface area (Å²) >= 11 is 0. The Labute approximate surface area is 316 Å². The highest BCUT2D eigenvalue weighted by Gasteiger charge is 2.27. The van der Waals surface area contributed by atoms with Crippen LogP contribution in [0.5, 0.6) is 23.0 Å². The Morgan fingerprint density at radius 1 is 0.345 bits per heavy atom. The minimum atomic E-state index is 0.631. The van der Waals surface area contributed by atoms with Gasteiger partial charge in [-0.25, -0.2) is 15.0 Å². The molecule has 0 N–H and O–H groups in total. The summed E-state index contributed by atoms with van der Waals surface area (Å²) in [4.78, 5) is 14.6. The zero-order chi connectivity index (χ0) is 36.3. The van der Waals surface area contributed by atoms with Gasteiger partial charge in [0.15, 0.2) is 40.5 Å². The van der Waals surface area contributed by atoms with Crippen molar-refractivity contribution in [3.8, 4) is 74.0 Å². The molecular weight excluding hydrogens is 677 g/mol. The van der Waals surface area contributed by atoms with E-state index in [0.717, 1.165) is 71.8 Å². The molecule has 10 aromatic rings. The van der Waals surface area contributed by atoms with Gasteiger partial charge in [-0.1, -0.05) is 146 Å². The maximum atomic E-state index is 6.84. The van der Waals surface area contributed by atoms with E-state index in [9.17, 15) is 0 Å². The number of fused-ring (bicyclic) bond motifs is 8. The third-order valence-corrected chi connectivity index (χ3v) is 10.3. The number of aromatic nitrogens is 4. The SMILES string of the molecule is c1ccc(-c2nc(-c3ccccc3)nc(-c3ccc(-c4ccc(-n5c6ccccc6c6ccc7c(c65)Oc5c(ccc6ccccc56)O7)cc4)cc3)n2)cc1. The predicted octanol–water partition coefficient (Wildman–Crippen LogP) is 12.7. The van der Waals surface area contributed by atoms with Crippen LogP contribution in [0.4, 0.5) is 0 Å². The van der Waals surface area contributed by atoms with Crippen molar-refractivity contribution in [2.45, 2.75) is 0 Å². The second-order valence-electron chi connectivity index (χ2n) is 13.6. The second-order valence-corrected chi connectivity index (χ2v) is 13.6. The molecule has 0 atom stereocenters. The number of hydrogen-bond donors (Lipinski definition) is 0. The Morgan fingerprint density at radius 3 is 1.53 bits per heavy atom. The van der Waals surface area contributed by atoms with E-state index < -0.39 is 0 Å². The summed E-state index contributed by atoms with van der Waals surface area (Å²) in [5.41, 5.74) is 8.10. The number of benzene rings is 8. The zero-order valence-electron chi connectivity index (χ0n) is 29.4. The summed E-state index contributed by atoms with van der Waals surface area (Å²) in [6.07, 6.45) is 0. The first-order valence-corrected chi connectivity index (χ1v) is 18.3. The molecule has 0 saturated heterocycles. The van der Waals surface area contributed by atoms with Gasteiger partial charge in [-0.15, -0.1) is 0 Å². The Bertz CT molecular complexity index is 3010. The van der Waals surface area contributed by atoms with Crippen LogP contribution in [0.1, 0.15) is 0 Å². The highest BCUT2D eigenvalue weighted by atomic mass is 16.6. The topological polar surface area (TPSA) is 62.1 Å². The van der Waals surface area contributed by atoms with E-state index in [-0.39, 0.29) is 0 Å². The van der Waals surface area contributed by atoms with Crippen molar-refractivity contribution in [2.24, 2.45) is 0 Å². The summed E-state index contributed by atoms with van der Waals surface area (Å²) in [6.45, 7) is 0. The highest BCUT2D eigenvalue weighted by molar-refractivity contribution is 6.12. The molecule has 0 amide bonds. The first-order chi connectivity index (χ1) is 27.2. The van der Waals surface area contributed by atoms with Crippen molar-refractivity contribution in [2.75, 3.05) is 0 Å². The summed E-state index contributed by atoms with van der Waals surface area (Å²) < 4.78 is 15.6. The largest absolute Gasteiger partial charge is 0.449 e. The molecule has 11 rings (SSSR count). The lowest BCUT2D eigenvalue weighted by molar-refractivity contribution is 0.366. The first kappa shape index (κ1) is 31.0. The minimum absolute atomic E-state index is 0.631. The third-order valence-electron chi connectivity index (χ3n) is 10.3. The van der Waals surface area contributed by atoms with E-state index in [1.165, 1.54) is 0 Å². The zero-order valence-corrected chi connectivity index (χ0v) is 29.4. The molecule has 258 valence electrons. The second kappa shape index (κ2) is 12.5. The van der Waals surface area contributed by atoms with Crippen LogP contribution in [0.2, 0.25) is 0 Å².